The fraction of sp³-hybridized carbons (Fsp3) is 0.448. The van der Waals surface area contributed by atoms with E-state index >= 15 is 0 Å². The van der Waals surface area contributed by atoms with Crippen LogP contribution in [-0.4, -0.2) is 98.7 Å². The summed E-state index contributed by atoms with van der Waals surface area (Å²) in [7, 11) is 3.46. The maximum atomic E-state index is 13.5. The predicted molar refractivity (Wildman–Crippen MR) is 165 cm³/mol. The van der Waals surface area contributed by atoms with Crippen LogP contribution in [0.5, 0.6) is 0 Å². The molecule has 4 aromatic rings. The Morgan fingerprint density at radius 2 is 1.98 bits per heavy atom. The molecule has 1 aromatic carbocycles. The largest absolute Gasteiger partial charge is 0.389 e. The molecule has 0 aliphatic carbocycles. The molecule has 2 saturated heterocycles. The maximum absolute atomic E-state index is 13.5. The molecule has 2 aliphatic heterocycles. The van der Waals surface area contributed by atoms with E-state index < -0.39 is 12.1 Å². The number of aromatic nitrogens is 4. The van der Waals surface area contributed by atoms with Crippen LogP contribution >= 0.6 is 22.7 Å². The molecule has 6 rings (SSSR count). The molecule has 1 unspecified atom stereocenters. The number of nitriles is 1. The molecular weight excluding hydrogens is 606 g/mol. The van der Waals surface area contributed by atoms with Gasteiger partial charge in [-0.3, -0.25) is 14.5 Å². The predicted octanol–water partition coefficient (Wildman–Crippen LogP) is 2.75. The van der Waals surface area contributed by atoms with Gasteiger partial charge in [0.05, 0.1) is 24.4 Å². The van der Waals surface area contributed by atoms with Crippen LogP contribution in [0.1, 0.15) is 41.3 Å². The summed E-state index contributed by atoms with van der Waals surface area (Å²) in [5, 5.41) is 28.6. The zero-order valence-corrected chi connectivity index (χ0v) is 26.2. The van der Waals surface area contributed by atoms with Crippen LogP contribution in [0, 0.1) is 17.1 Å². The van der Waals surface area contributed by atoms with Crippen molar-refractivity contribution < 1.29 is 19.1 Å². The van der Waals surface area contributed by atoms with Gasteiger partial charge in [0, 0.05) is 45.2 Å². The highest BCUT2D eigenvalue weighted by Crippen LogP contribution is 2.39. The summed E-state index contributed by atoms with van der Waals surface area (Å²) in [6.45, 7) is 3.38. The molecule has 2 amide bonds. The molecule has 0 saturated carbocycles. The first-order chi connectivity index (χ1) is 21.2. The third-order valence-corrected chi connectivity index (χ3v) is 10.3. The van der Waals surface area contributed by atoms with E-state index in [4.69, 9.17) is 15.1 Å². The van der Waals surface area contributed by atoms with Crippen molar-refractivity contribution in [3.8, 4) is 17.3 Å². The number of anilines is 2. The normalized spacial score (nSPS) is 19.1. The molecule has 2 fully saturated rings. The molecule has 230 valence electrons. The Labute approximate surface area is 261 Å². The van der Waals surface area contributed by atoms with Crippen molar-refractivity contribution in [3.05, 3.63) is 45.7 Å². The monoisotopic (exact) mass is 637 g/mol. The van der Waals surface area contributed by atoms with Crippen LogP contribution in [-0.2, 0) is 16.0 Å². The van der Waals surface area contributed by atoms with Crippen LogP contribution in [0.15, 0.2) is 24.3 Å². The minimum absolute atomic E-state index is 0.000418. The standard InChI is InChI=1S/C29H32FN9O3S2/c1-4-20-27(36(3)28-34-24(22(12-31)43-28)16-5-7-18(30)8-6-16)39-29(33-20)44-26(35-39)17-9-10-37(21(11-17)25(42)32-2)15-23(41)38-13-19(40)14-38/h5-8,17,19,21,40H,4,9-11,13-15H2,1-3H3,(H,32,42)/t17?,21-/m1/s1. The highest BCUT2D eigenvalue weighted by atomic mass is 32.1. The van der Waals surface area contributed by atoms with Gasteiger partial charge in [-0.2, -0.15) is 14.9 Å². The van der Waals surface area contributed by atoms with E-state index in [0.29, 0.717) is 53.7 Å². The number of fused-ring (bicyclic) bond motifs is 1. The van der Waals surface area contributed by atoms with E-state index in [1.54, 1.807) is 24.1 Å². The maximum Gasteiger partial charge on any atom is 0.237 e. The Bertz CT molecular complexity index is 1740. The van der Waals surface area contributed by atoms with Crippen molar-refractivity contribution >= 4 is 50.4 Å². The fourth-order valence-corrected chi connectivity index (χ4v) is 7.66. The first-order valence-electron chi connectivity index (χ1n) is 14.4. The zero-order valence-electron chi connectivity index (χ0n) is 24.5. The molecule has 0 spiro atoms. The Kier molecular flexibility index (Phi) is 8.34. The van der Waals surface area contributed by atoms with Gasteiger partial charge in [-0.15, -0.1) is 0 Å². The third kappa shape index (κ3) is 5.54. The lowest BCUT2D eigenvalue weighted by molar-refractivity contribution is -0.144. The SMILES string of the molecule is CCc1nc2sc(C3CCN(CC(=O)N4CC(O)C4)[C@@H](C(=O)NC)C3)nn2c1N(C)c1nc(-c2ccc(F)cc2)c(C#N)s1. The van der Waals surface area contributed by atoms with Crippen molar-refractivity contribution in [2.45, 2.75) is 44.2 Å². The fourth-order valence-electron chi connectivity index (χ4n) is 5.75. The van der Waals surface area contributed by atoms with E-state index in [1.165, 1.54) is 34.8 Å². The molecule has 3 aromatic heterocycles. The summed E-state index contributed by atoms with van der Waals surface area (Å²) in [4.78, 5) is 41.8. The smallest absolute Gasteiger partial charge is 0.237 e. The number of imidazole rings is 1. The number of β-amino-alcohol motifs (C(OH)–C–C–N with tert-alkyl or cyclic N) is 1. The Morgan fingerprint density at radius 3 is 2.64 bits per heavy atom. The molecule has 44 heavy (non-hydrogen) atoms. The molecule has 0 radical (unpaired) electrons. The van der Waals surface area contributed by atoms with Gasteiger partial charge in [-0.25, -0.2) is 14.4 Å². The molecular formula is C29H32FN9O3S2. The van der Waals surface area contributed by atoms with Crippen LogP contribution in [0.25, 0.3) is 16.2 Å². The number of aliphatic hydroxyl groups excluding tert-OH is 1. The Hall–Kier alpha value is -3.97. The average molecular weight is 638 g/mol. The highest BCUT2D eigenvalue weighted by Gasteiger charge is 2.38. The lowest BCUT2D eigenvalue weighted by Crippen LogP contribution is -2.58. The highest BCUT2D eigenvalue weighted by molar-refractivity contribution is 7.17. The summed E-state index contributed by atoms with van der Waals surface area (Å²) in [5.41, 5.74) is 1.99. The number of nitrogens with zero attached hydrogens (tertiary/aromatic N) is 8. The number of likely N-dealkylation sites (N-methyl/N-ethyl adjacent to an activating group) is 1. The number of likely N-dealkylation sites (tertiary alicyclic amines) is 2. The molecule has 15 heteroatoms. The number of halogens is 1. The van der Waals surface area contributed by atoms with E-state index in [1.807, 2.05) is 28.3 Å². The van der Waals surface area contributed by atoms with Crippen LogP contribution < -0.4 is 10.2 Å². The number of aliphatic hydroxyl groups is 1. The van der Waals surface area contributed by atoms with Crippen molar-refractivity contribution in [2.75, 3.05) is 45.2 Å². The summed E-state index contributed by atoms with van der Waals surface area (Å²) < 4.78 is 15.3. The van der Waals surface area contributed by atoms with Crippen molar-refractivity contribution in [3.63, 3.8) is 0 Å². The van der Waals surface area contributed by atoms with Gasteiger partial charge >= 0.3 is 0 Å². The first kappa shape index (κ1) is 30.1. The van der Waals surface area contributed by atoms with Crippen LogP contribution in [0.2, 0.25) is 0 Å². The number of thiazole rings is 1. The number of nitrogens with one attached hydrogen (secondary N) is 1. The van der Waals surface area contributed by atoms with Gasteiger partial charge in [0.1, 0.15) is 27.5 Å². The van der Waals surface area contributed by atoms with Gasteiger partial charge in [0.2, 0.25) is 16.8 Å². The second-order valence-electron chi connectivity index (χ2n) is 11.0. The van der Waals surface area contributed by atoms with E-state index in [-0.39, 0.29) is 30.1 Å². The van der Waals surface area contributed by atoms with E-state index in [9.17, 15) is 24.3 Å². The van der Waals surface area contributed by atoms with E-state index in [2.05, 4.69) is 11.4 Å². The van der Waals surface area contributed by atoms with Crippen molar-refractivity contribution in [1.82, 2.24) is 34.7 Å². The second kappa shape index (κ2) is 12.2. The number of carbonyl (C=O) groups excluding carboxylic acids is 2. The third-order valence-electron chi connectivity index (χ3n) is 8.20. The van der Waals surface area contributed by atoms with Gasteiger partial charge in [-0.05, 0) is 43.5 Å². The molecule has 2 aliphatic rings. The van der Waals surface area contributed by atoms with Gasteiger partial charge in [-0.1, -0.05) is 29.6 Å². The lowest BCUT2D eigenvalue weighted by atomic mass is 9.90. The number of benzene rings is 1. The molecule has 2 atom stereocenters. The molecule has 0 bridgehead atoms. The number of hydrogen-bond acceptors (Lipinski definition) is 11. The van der Waals surface area contributed by atoms with E-state index in [0.717, 1.165) is 27.9 Å². The first-order valence-corrected chi connectivity index (χ1v) is 16.0. The number of rotatable bonds is 8. The van der Waals surface area contributed by atoms with Gasteiger partial charge in [0.25, 0.3) is 0 Å². The van der Waals surface area contributed by atoms with Gasteiger partial charge < -0.3 is 20.2 Å². The van der Waals surface area contributed by atoms with Gasteiger partial charge in [0.15, 0.2) is 10.9 Å². The Morgan fingerprint density at radius 1 is 1.23 bits per heavy atom. The number of carbonyl (C=O) groups is 2. The molecule has 5 heterocycles. The molecule has 12 nitrogen and oxygen atoms in total. The average Bonchev–Trinajstić information content (AvgIpc) is 3.72. The zero-order chi connectivity index (χ0) is 31.1. The summed E-state index contributed by atoms with van der Waals surface area (Å²) in [5.74, 6) is 0.160. The topological polar surface area (TPSA) is 143 Å². The number of piperidine rings is 1. The lowest BCUT2D eigenvalue weighted by Gasteiger charge is -2.41. The van der Waals surface area contributed by atoms with Crippen molar-refractivity contribution in [1.29, 1.82) is 5.26 Å². The quantitative estimate of drug-likeness (QED) is 0.298. The number of hydrogen-bond donors (Lipinski definition) is 2. The van der Waals surface area contributed by atoms with Crippen molar-refractivity contribution in [2.24, 2.45) is 0 Å². The van der Waals surface area contributed by atoms with Crippen LogP contribution in [0.4, 0.5) is 15.3 Å². The minimum atomic E-state index is -0.483. The summed E-state index contributed by atoms with van der Waals surface area (Å²) >= 11 is 2.73. The van der Waals surface area contributed by atoms with Crippen LogP contribution in [0.3, 0.4) is 0 Å². The number of amides is 2. The second-order valence-corrected chi connectivity index (χ2v) is 13.0. The summed E-state index contributed by atoms with van der Waals surface area (Å²) in [6, 6.07) is 7.65. The number of aryl methyl sites for hydroxylation is 1. The summed E-state index contributed by atoms with van der Waals surface area (Å²) in [6.07, 6.45) is 1.43. The minimum Gasteiger partial charge on any atom is -0.389 e. The Balaban J connectivity index is 1.26. The molecule has 2 N–H and O–H groups in total.